The highest BCUT2D eigenvalue weighted by Crippen LogP contribution is 2.29. The highest BCUT2D eigenvalue weighted by atomic mass is 32.2. The van der Waals surface area contributed by atoms with Crippen LogP contribution < -0.4 is 5.73 Å². The molecule has 1 aromatic carbocycles. The predicted molar refractivity (Wildman–Crippen MR) is 84.7 cm³/mol. The first-order valence-corrected chi connectivity index (χ1v) is 7.73. The quantitative estimate of drug-likeness (QED) is 0.649. The Labute approximate surface area is 119 Å². The first kappa shape index (κ1) is 14.2. The minimum absolute atomic E-state index is 0.753. The summed E-state index contributed by atoms with van der Waals surface area (Å²) >= 11 is 1.88. The average molecular weight is 275 g/mol. The molecule has 0 spiro atoms. The van der Waals surface area contributed by atoms with E-state index in [-0.39, 0.29) is 0 Å². The third kappa shape index (κ3) is 3.39. The van der Waals surface area contributed by atoms with Crippen LogP contribution in [0, 0.1) is 0 Å². The van der Waals surface area contributed by atoms with E-state index in [2.05, 4.69) is 35.9 Å². The summed E-state index contributed by atoms with van der Waals surface area (Å²) < 4.78 is 0. The summed E-state index contributed by atoms with van der Waals surface area (Å²) in [7, 11) is 0. The van der Waals surface area contributed by atoms with Crippen molar-refractivity contribution in [3.63, 3.8) is 0 Å². The van der Waals surface area contributed by atoms with Gasteiger partial charge in [0.25, 0.3) is 0 Å². The summed E-state index contributed by atoms with van der Waals surface area (Å²) in [5.74, 6) is 1.09. The molecule has 0 aliphatic rings. The van der Waals surface area contributed by atoms with Gasteiger partial charge in [0, 0.05) is 28.8 Å². The van der Waals surface area contributed by atoms with Crippen molar-refractivity contribution in [3.8, 4) is 0 Å². The highest BCUT2D eigenvalue weighted by molar-refractivity contribution is 7.99. The van der Waals surface area contributed by atoms with Crippen molar-refractivity contribution in [2.75, 3.05) is 31.1 Å². The Morgan fingerprint density at radius 3 is 2.74 bits per heavy atom. The molecule has 0 radical (unpaired) electrons. The minimum Gasteiger partial charge on any atom is -0.397 e. The predicted octanol–water partition coefficient (Wildman–Crippen LogP) is 3.25. The fourth-order valence-electron chi connectivity index (χ4n) is 2.12. The number of aromatic nitrogens is 1. The van der Waals surface area contributed by atoms with Crippen LogP contribution in [0.1, 0.15) is 13.8 Å². The van der Waals surface area contributed by atoms with Gasteiger partial charge in [0.1, 0.15) is 0 Å². The number of hydrogen-bond acceptors (Lipinski definition) is 4. The summed E-state index contributed by atoms with van der Waals surface area (Å²) in [6.45, 7) is 7.75. The van der Waals surface area contributed by atoms with E-state index in [1.165, 1.54) is 4.90 Å². The van der Waals surface area contributed by atoms with E-state index in [1.54, 1.807) is 6.20 Å². The van der Waals surface area contributed by atoms with Crippen LogP contribution in [0.3, 0.4) is 0 Å². The van der Waals surface area contributed by atoms with Crippen molar-refractivity contribution in [1.29, 1.82) is 0 Å². The van der Waals surface area contributed by atoms with E-state index in [1.807, 2.05) is 23.9 Å². The van der Waals surface area contributed by atoms with Gasteiger partial charge in [0.05, 0.1) is 11.2 Å². The van der Waals surface area contributed by atoms with Crippen molar-refractivity contribution in [2.45, 2.75) is 18.7 Å². The number of fused-ring (bicyclic) bond motifs is 1. The summed E-state index contributed by atoms with van der Waals surface area (Å²) in [6, 6.07) is 8.12. The normalized spacial score (nSPS) is 11.3. The molecule has 2 rings (SSSR count). The molecule has 102 valence electrons. The molecule has 0 unspecified atom stereocenters. The van der Waals surface area contributed by atoms with E-state index in [0.717, 1.165) is 42.0 Å². The lowest BCUT2D eigenvalue weighted by Crippen LogP contribution is -2.25. The molecule has 0 atom stereocenters. The molecular weight excluding hydrogens is 254 g/mol. The van der Waals surface area contributed by atoms with Crippen molar-refractivity contribution < 1.29 is 0 Å². The monoisotopic (exact) mass is 275 g/mol. The van der Waals surface area contributed by atoms with Gasteiger partial charge in [-0.3, -0.25) is 4.98 Å². The second kappa shape index (κ2) is 6.78. The van der Waals surface area contributed by atoms with Crippen molar-refractivity contribution in [3.05, 3.63) is 30.5 Å². The second-order valence-electron chi connectivity index (χ2n) is 4.43. The van der Waals surface area contributed by atoms with Crippen molar-refractivity contribution in [2.24, 2.45) is 0 Å². The van der Waals surface area contributed by atoms with Crippen LogP contribution in [0.5, 0.6) is 0 Å². The van der Waals surface area contributed by atoms with Gasteiger partial charge < -0.3 is 10.6 Å². The number of rotatable bonds is 6. The Bertz CT molecular complexity index is 538. The minimum atomic E-state index is 0.753. The standard InChI is InChI=1S/C15H21N3S/c1-3-18(4-2)10-11-19-14-8-7-13(16)15-12(14)6-5-9-17-15/h5-9H,3-4,10-11,16H2,1-2H3. The maximum atomic E-state index is 5.97. The Kier molecular flexibility index (Phi) is 5.05. The molecule has 1 heterocycles. The molecule has 0 amide bonds. The zero-order chi connectivity index (χ0) is 13.7. The van der Waals surface area contributed by atoms with Gasteiger partial charge in [-0.15, -0.1) is 11.8 Å². The molecule has 0 aliphatic heterocycles. The first-order valence-electron chi connectivity index (χ1n) is 6.74. The van der Waals surface area contributed by atoms with Gasteiger partial charge in [-0.25, -0.2) is 0 Å². The smallest absolute Gasteiger partial charge is 0.0942 e. The van der Waals surface area contributed by atoms with E-state index < -0.39 is 0 Å². The number of benzene rings is 1. The fourth-order valence-corrected chi connectivity index (χ4v) is 3.17. The van der Waals surface area contributed by atoms with Crippen molar-refractivity contribution >= 4 is 28.4 Å². The zero-order valence-corrected chi connectivity index (χ0v) is 12.4. The lowest BCUT2D eigenvalue weighted by atomic mass is 10.2. The topological polar surface area (TPSA) is 42.1 Å². The van der Waals surface area contributed by atoms with Crippen molar-refractivity contribution in [1.82, 2.24) is 9.88 Å². The lowest BCUT2D eigenvalue weighted by molar-refractivity contribution is 0.324. The molecule has 3 nitrogen and oxygen atoms in total. The molecular formula is C15H21N3S. The average Bonchev–Trinajstić information content (AvgIpc) is 2.46. The van der Waals surface area contributed by atoms with Gasteiger partial charge in [0.15, 0.2) is 0 Å². The molecule has 2 N–H and O–H groups in total. The van der Waals surface area contributed by atoms with Crippen LogP contribution >= 0.6 is 11.8 Å². The number of pyridine rings is 1. The summed E-state index contributed by atoms with van der Waals surface area (Å²) in [5.41, 5.74) is 7.63. The molecule has 0 bridgehead atoms. The number of nitrogens with two attached hydrogens (primary N) is 1. The third-order valence-corrected chi connectivity index (χ3v) is 4.37. The molecule has 0 fully saturated rings. The van der Waals surface area contributed by atoms with Crippen LogP contribution in [-0.2, 0) is 0 Å². The third-order valence-electron chi connectivity index (χ3n) is 3.32. The maximum Gasteiger partial charge on any atom is 0.0942 e. The Morgan fingerprint density at radius 1 is 1.21 bits per heavy atom. The van der Waals surface area contributed by atoms with Gasteiger partial charge in [-0.1, -0.05) is 19.9 Å². The largest absolute Gasteiger partial charge is 0.397 e. The van der Waals surface area contributed by atoms with Crippen LogP contribution in [0.25, 0.3) is 10.9 Å². The van der Waals surface area contributed by atoms with Crippen LogP contribution in [-0.4, -0.2) is 35.3 Å². The van der Waals surface area contributed by atoms with E-state index in [4.69, 9.17) is 5.73 Å². The number of thioether (sulfide) groups is 1. The zero-order valence-electron chi connectivity index (χ0n) is 11.6. The molecule has 0 saturated heterocycles. The summed E-state index contributed by atoms with van der Waals surface area (Å²) in [4.78, 5) is 8.07. The molecule has 4 heteroatoms. The SMILES string of the molecule is CCN(CC)CCSc1ccc(N)c2ncccc12. The maximum absolute atomic E-state index is 5.97. The summed E-state index contributed by atoms with van der Waals surface area (Å²) in [5, 5.41) is 1.16. The number of hydrogen-bond donors (Lipinski definition) is 1. The van der Waals surface area contributed by atoms with Gasteiger partial charge in [-0.2, -0.15) is 0 Å². The number of nitrogens with zero attached hydrogens (tertiary/aromatic N) is 2. The highest BCUT2D eigenvalue weighted by Gasteiger charge is 2.06. The molecule has 19 heavy (non-hydrogen) atoms. The van der Waals surface area contributed by atoms with Gasteiger partial charge in [-0.05, 0) is 31.3 Å². The number of anilines is 1. The van der Waals surface area contributed by atoms with Crippen LogP contribution in [0.15, 0.2) is 35.4 Å². The molecule has 2 aromatic rings. The summed E-state index contributed by atoms with van der Waals surface area (Å²) in [6.07, 6.45) is 1.79. The first-order chi connectivity index (χ1) is 9.26. The van der Waals surface area contributed by atoms with Gasteiger partial charge >= 0.3 is 0 Å². The Morgan fingerprint density at radius 2 is 2.00 bits per heavy atom. The second-order valence-corrected chi connectivity index (χ2v) is 5.56. The molecule has 1 aromatic heterocycles. The van der Waals surface area contributed by atoms with E-state index >= 15 is 0 Å². The van der Waals surface area contributed by atoms with E-state index in [0.29, 0.717) is 0 Å². The molecule has 0 aliphatic carbocycles. The van der Waals surface area contributed by atoms with Gasteiger partial charge in [0.2, 0.25) is 0 Å². The van der Waals surface area contributed by atoms with Crippen LogP contribution in [0.4, 0.5) is 5.69 Å². The van der Waals surface area contributed by atoms with Crippen LogP contribution in [0.2, 0.25) is 0 Å². The fraction of sp³-hybridized carbons (Fsp3) is 0.400. The molecule has 0 saturated carbocycles. The van der Waals surface area contributed by atoms with E-state index in [9.17, 15) is 0 Å². The Balaban J connectivity index is 2.11. The lowest BCUT2D eigenvalue weighted by Gasteiger charge is -2.17. The number of nitrogen functional groups attached to an aromatic ring is 1. The Hall–Kier alpha value is -1.26.